The average molecular weight is 380 g/mol. The number of hydrogen-bond acceptors (Lipinski definition) is 2. The van der Waals surface area contributed by atoms with Gasteiger partial charge in [0.25, 0.3) is 0 Å². The topological polar surface area (TPSA) is 21.1 Å². The molecule has 2 bridgehead atoms. The Morgan fingerprint density at radius 2 is 2.07 bits per heavy atom. The van der Waals surface area contributed by atoms with E-state index in [0.29, 0.717) is 24.5 Å². The van der Waals surface area contributed by atoms with Gasteiger partial charge >= 0.3 is 0 Å². The summed E-state index contributed by atoms with van der Waals surface area (Å²) >= 11 is 0. The summed E-state index contributed by atoms with van der Waals surface area (Å²) in [6.07, 6.45) is 12.3. The standard InChI is InChI=1S/C24H30FN3/c1-16-3-7-21-20(13-16)24-22-8-6-19(27(22)12-10-25)14-23(24)28(21)11-9-18-5-4-17(2)26-15-18/h3-5,7,15-16,19,22H,6,8-14H2,1-2H3. The second kappa shape index (κ2) is 7.14. The van der Waals surface area contributed by atoms with E-state index in [0.717, 1.165) is 31.5 Å². The van der Waals surface area contributed by atoms with Gasteiger partial charge in [0.05, 0.1) is 0 Å². The van der Waals surface area contributed by atoms with Gasteiger partial charge in [0, 0.05) is 54.9 Å². The molecule has 3 unspecified atom stereocenters. The third-order valence-corrected chi connectivity index (χ3v) is 7.01. The highest BCUT2D eigenvalue weighted by Crippen LogP contribution is 2.48. The summed E-state index contributed by atoms with van der Waals surface area (Å²) in [6.45, 7) is 5.70. The Kier molecular flexibility index (Phi) is 4.62. The van der Waals surface area contributed by atoms with Crippen LogP contribution >= 0.6 is 0 Å². The van der Waals surface area contributed by atoms with Gasteiger partial charge in [-0.15, -0.1) is 0 Å². The number of nitrogens with zero attached hydrogens (tertiary/aromatic N) is 3. The van der Waals surface area contributed by atoms with Crippen LogP contribution in [0, 0.1) is 12.8 Å². The van der Waals surface area contributed by atoms with Crippen molar-refractivity contribution in [2.24, 2.45) is 5.92 Å². The molecule has 0 N–H and O–H groups in total. The van der Waals surface area contributed by atoms with Gasteiger partial charge in [0.15, 0.2) is 0 Å². The molecular weight excluding hydrogens is 349 g/mol. The van der Waals surface area contributed by atoms with Crippen LogP contribution in [0.4, 0.5) is 4.39 Å². The highest BCUT2D eigenvalue weighted by Gasteiger charge is 2.43. The number of hydrogen-bond donors (Lipinski definition) is 0. The Bertz CT molecular complexity index is 896. The van der Waals surface area contributed by atoms with Crippen LogP contribution in [0.2, 0.25) is 0 Å². The van der Waals surface area contributed by atoms with Crippen LogP contribution < -0.4 is 0 Å². The molecule has 148 valence electrons. The van der Waals surface area contributed by atoms with E-state index in [9.17, 15) is 4.39 Å². The zero-order valence-electron chi connectivity index (χ0n) is 17.0. The molecule has 0 aromatic carbocycles. The van der Waals surface area contributed by atoms with Gasteiger partial charge in [-0.05, 0) is 67.4 Å². The SMILES string of the molecule is Cc1ccc(CCn2c3c(c4c2CC2CCC4N2CCF)CC(C)C=C3)cn1. The van der Waals surface area contributed by atoms with Crippen LogP contribution in [0.25, 0.3) is 6.08 Å². The Morgan fingerprint density at radius 3 is 2.86 bits per heavy atom. The number of alkyl halides is 1. The third kappa shape index (κ3) is 2.93. The Hall–Kier alpha value is -1.94. The molecule has 2 aromatic heterocycles. The smallest absolute Gasteiger partial charge is 0.102 e. The van der Waals surface area contributed by atoms with Crippen LogP contribution in [0.3, 0.4) is 0 Å². The summed E-state index contributed by atoms with van der Waals surface area (Å²) < 4.78 is 15.8. The fourth-order valence-electron chi connectivity index (χ4n) is 5.70. The van der Waals surface area contributed by atoms with Gasteiger partial charge in [0.2, 0.25) is 0 Å². The van der Waals surface area contributed by atoms with E-state index in [1.165, 1.54) is 29.8 Å². The van der Waals surface area contributed by atoms with Gasteiger partial charge in [0.1, 0.15) is 6.67 Å². The molecule has 4 heterocycles. The first-order valence-corrected chi connectivity index (χ1v) is 10.8. The Balaban J connectivity index is 1.52. The van der Waals surface area contributed by atoms with Crippen LogP contribution in [0.5, 0.6) is 0 Å². The molecule has 1 saturated heterocycles. The van der Waals surface area contributed by atoms with E-state index < -0.39 is 0 Å². The number of aryl methyl sites for hydroxylation is 2. The molecule has 3 atom stereocenters. The lowest BCUT2D eigenvalue weighted by Crippen LogP contribution is -2.39. The summed E-state index contributed by atoms with van der Waals surface area (Å²) in [5, 5.41) is 0. The van der Waals surface area contributed by atoms with E-state index in [-0.39, 0.29) is 6.67 Å². The van der Waals surface area contributed by atoms with Crippen LogP contribution in [0.1, 0.15) is 59.6 Å². The molecule has 28 heavy (non-hydrogen) atoms. The fourth-order valence-corrected chi connectivity index (χ4v) is 5.70. The number of pyridine rings is 1. The molecule has 0 saturated carbocycles. The summed E-state index contributed by atoms with van der Waals surface area (Å²) in [5.74, 6) is 0.586. The summed E-state index contributed by atoms with van der Waals surface area (Å²) in [6, 6.07) is 5.26. The maximum absolute atomic E-state index is 13.2. The van der Waals surface area contributed by atoms with Crippen LogP contribution in [-0.2, 0) is 25.8 Å². The fraction of sp³-hybridized carbons (Fsp3) is 0.542. The predicted octanol–water partition coefficient (Wildman–Crippen LogP) is 4.67. The zero-order chi connectivity index (χ0) is 19.3. The molecular formula is C24H30FN3. The third-order valence-electron chi connectivity index (χ3n) is 7.01. The Morgan fingerprint density at radius 1 is 1.18 bits per heavy atom. The number of halogens is 1. The maximum Gasteiger partial charge on any atom is 0.102 e. The zero-order valence-corrected chi connectivity index (χ0v) is 17.0. The molecule has 3 aliphatic rings. The van der Waals surface area contributed by atoms with Crippen molar-refractivity contribution >= 4 is 6.08 Å². The molecule has 1 aliphatic carbocycles. The lowest BCUT2D eigenvalue weighted by Gasteiger charge is -2.35. The first kappa shape index (κ1) is 18.1. The van der Waals surface area contributed by atoms with Crippen molar-refractivity contribution in [3.63, 3.8) is 0 Å². The number of allylic oxidation sites excluding steroid dienone is 1. The first-order chi connectivity index (χ1) is 13.7. The largest absolute Gasteiger partial charge is 0.344 e. The van der Waals surface area contributed by atoms with E-state index in [2.05, 4.69) is 45.7 Å². The minimum Gasteiger partial charge on any atom is -0.344 e. The molecule has 2 aliphatic heterocycles. The normalized spacial score (nSPS) is 25.8. The molecule has 1 fully saturated rings. The van der Waals surface area contributed by atoms with Gasteiger partial charge in [-0.3, -0.25) is 9.88 Å². The van der Waals surface area contributed by atoms with E-state index in [4.69, 9.17) is 0 Å². The van der Waals surface area contributed by atoms with Crippen molar-refractivity contribution in [2.75, 3.05) is 13.2 Å². The van der Waals surface area contributed by atoms with Crippen molar-refractivity contribution in [1.82, 2.24) is 14.5 Å². The summed E-state index contributed by atoms with van der Waals surface area (Å²) in [5.41, 5.74) is 8.41. The lowest BCUT2D eigenvalue weighted by atomic mass is 9.88. The first-order valence-electron chi connectivity index (χ1n) is 10.8. The maximum atomic E-state index is 13.2. The molecule has 2 aromatic rings. The quantitative estimate of drug-likeness (QED) is 0.753. The summed E-state index contributed by atoms with van der Waals surface area (Å²) in [4.78, 5) is 6.92. The number of aromatic nitrogens is 2. The molecule has 5 rings (SSSR count). The molecule has 0 spiro atoms. The van der Waals surface area contributed by atoms with E-state index >= 15 is 0 Å². The number of rotatable bonds is 5. The van der Waals surface area contributed by atoms with Crippen molar-refractivity contribution in [2.45, 2.75) is 64.6 Å². The second-order valence-corrected chi connectivity index (χ2v) is 8.85. The van der Waals surface area contributed by atoms with Crippen LogP contribution in [-0.4, -0.2) is 33.7 Å². The van der Waals surface area contributed by atoms with E-state index in [1.54, 1.807) is 11.1 Å². The Labute approximate surface area is 167 Å². The van der Waals surface area contributed by atoms with Gasteiger partial charge in [-0.25, -0.2) is 4.39 Å². The minimum atomic E-state index is -0.234. The lowest BCUT2D eigenvalue weighted by molar-refractivity contribution is 0.160. The molecule has 0 amide bonds. The highest BCUT2D eigenvalue weighted by atomic mass is 19.1. The monoisotopic (exact) mass is 379 g/mol. The van der Waals surface area contributed by atoms with E-state index in [1.807, 2.05) is 13.1 Å². The van der Waals surface area contributed by atoms with Crippen molar-refractivity contribution in [3.8, 4) is 0 Å². The van der Waals surface area contributed by atoms with Crippen molar-refractivity contribution in [1.29, 1.82) is 0 Å². The van der Waals surface area contributed by atoms with Crippen molar-refractivity contribution < 1.29 is 4.39 Å². The average Bonchev–Trinajstić information content (AvgIpc) is 3.13. The van der Waals surface area contributed by atoms with Gasteiger partial charge in [-0.2, -0.15) is 0 Å². The molecule has 3 nitrogen and oxygen atoms in total. The molecule has 0 radical (unpaired) electrons. The summed E-state index contributed by atoms with van der Waals surface area (Å²) in [7, 11) is 0. The van der Waals surface area contributed by atoms with Crippen LogP contribution in [0.15, 0.2) is 24.4 Å². The molecule has 4 heteroatoms. The predicted molar refractivity (Wildman–Crippen MR) is 111 cm³/mol. The van der Waals surface area contributed by atoms with Gasteiger partial charge < -0.3 is 4.57 Å². The minimum absolute atomic E-state index is 0.234. The second-order valence-electron chi connectivity index (χ2n) is 8.85. The van der Waals surface area contributed by atoms with Gasteiger partial charge in [-0.1, -0.05) is 19.1 Å². The highest BCUT2D eigenvalue weighted by molar-refractivity contribution is 5.60. The van der Waals surface area contributed by atoms with Crippen molar-refractivity contribution in [3.05, 3.63) is 58.2 Å². The number of fused-ring (bicyclic) bond motifs is 6.